The minimum Gasteiger partial charge on any atom is -0.450 e. The molecule has 0 aliphatic rings. The van der Waals surface area contributed by atoms with Crippen molar-refractivity contribution in [3.63, 3.8) is 0 Å². The Morgan fingerprint density at radius 2 is 1.92 bits per heavy atom. The van der Waals surface area contributed by atoms with Gasteiger partial charge in [0.05, 0.1) is 11.8 Å². The van der Waals surface area contributed by atoms with E-state index in [0.29, 0.717) is 23.0 Å². The highest BCUT2D eigenvalue weighted by molar-refractivity contribution is 6.05. The van der Waals surface area contributed by atoms with Crippen molar-refractivity contribution in [2.75, 3.05) is 17.7 Å². The van der Waals surface area contributed by atoms with Gasteiger partial charge in [0.25, 0.3) is 5.91 Å². The number of aliphatic hydroxyl groups excluding tert-OH is 1. The maximum Gasteiger partial charge on any atom is 0.434 e. The van der Waals surface area contributed by atoms with Crippen LogP contribution in [0.15, 0.2) is 48.9 Å². The van der Waals surface area contributed by atoms with Gasteiger partial charge in [0.2, 0.25) is 0 Å². The van der Waals surface area contributed by atoms with Crippen molar-refractivity contribution < 1.29 is 36.6 Å². The van der Waals surface area contributed by atoms with E-state index >= 15 is 0 Å². The molecule has 0 saturated heterocycles. The SMILES string of the molecule is Nc1nccc(Oc2c(F)cc(NC(=O)c3cnn(-c4cccnn4)c3C(F)(F)F)cc2F)c1C#CCO. The number of halogens is 5. The summed E-state index contributed by atoms with van der Waals surface area (Å²) < 4.78 is 76.6. The van der Waals surface area contributed by atoms with E-state index < -0.39 is 53.0 Å². The van der Waals surface area contributed by atoms with Gasteiger partial charge in [0.15, 0.2) is 28.9 Å². The number of aromatic nitrogens is 5. The normalized spacial score (nSPS) is 11.0. The van der Waals surface area contributed by atoms with E-state index in [-0.39, 0.29) is 22.9 Å². The molecule has 15 heteroatoms. The van der Waals surface area contributed by atoms with Crippen molar-refractivity contribution in [2.45, 2.75) is 6.18 Å². The molecule has 3 aromatic heterocycles. The summed E-state index contributed by atoms with van der Waals surface area (Å²) >= 11 is 0. The van der Waals surface area contributed by atoms with E-state index in [1.807, 2.05) is 5.32 Å². The number of hydrogen-bond donors (Lipinski definition) is 3. The molecule has 4 rings (SSSR count). The highest BCUT2D eigenvalue weighted by Crippen LogP contribution is 2.35. The fourth-order valence-corrected chi connectivity index (χ4v) is 3.20. The zero-order valence-electron chi connectivity index (χ0n) is 18.8. The van der Waals surface area contributed by atoms with Crippen LogP contribution in [-0.4, -0.2) is 42.6 Å². The number of carbonyl (C=O) groups is 1. The molecule has 0 fully saturated rings. The number of carbonyl (C=O) groups excluding carboxylic acids is 1. The number of nitrogen functional groups attached to an aromatic ring is 1. The Balaban J connectivity index is 1.64. The van der Waals surface area contributed by atoms with Gasteiger partial charge in [-0.3, -0.25) is 4.79 Å². The second-order valence-electron chi connectivity index (χ2n) is 7.25. The van der Waals surface area contributed by atoms with E-state index in [0.717, 1.165) is 0 Å². The van der Waals surface area contributed by atoms with Gasteiger partial charge in [-0.05, 0) is 12.1 Å². The predicted molar refractivity (Wildman–Crippen MR) is 121 cm³/mol. The van der Waals surface area contributed by atoms with Crippen LogP contribution >= 0.6 is 0 Å². The number of nitrogens with zero attached hydrogens (tertiary/aromatic N) is 5. The second kappa shape index (κ2) is 10.5. The van der Waals surface area contributed by atoms with E-state index in [9.17, 15) is 26.7 Å². The van der Waals surface area contributed by atoms with Gasteiger partial charge in [-0.1, -0.05) is 11.8 Å². The van der Waals surface area contributed by atoms with Crippen LogP contribution in [0.5, 0.6) is 11.5 Å². The van der Waals surface area contributed by atoms with Crippen LogP contribution < -0.4 is 15.8 Å². The third kappa shape index (κ3) is 5.34. The monoisotopic (exact) mass is 531 g/mol. The lowest BCUT2D eigenvalue weighted by atomic mass is 10.2. The van der Waals surface area contributed by atoms with Crippen molar-refractivity contribution in [1.29, 1.82) is 0 Å². The third-order valence-electron chi connectivity index (χ3n) is 4.76. The number of aliphatic hydroxyl groups is 1. The molecular formula is C23H14F5N7O3. The smallest absolute Gasteiger partial charge is 0.434 e. The average Bonchev–Trinajstić information content (AvgIpc) is 3.33. The van der Waals surface area contributed by atoms with Gasteiger partial charge >= 0.3 is 6.18 Å². The molecule has 38 heavy (non-hydrogen) atoms. The Morgan fingerprint density at radius 3 is 2.55 bits per heavy atom. The molecule has 10 nitrogen and oxygen atoms in total. The Morgan fingerprint density at radius 1 is 1.18 bits per heavy atom. The number of anilines is 2. The molecule has 3 heterocycles. The van der Waals surface area contributed by atoms with Gasteiger partial charge < -0.3 is 20.9 Å². The molecule has 0 bridgehead atoms. The summed E-state index contributed by atoms with van der Waals surface area (Å²) in [6.45, 7) is -0.529. The van der Waals surface area contributed by atoms with E-state index in [4.69, 9.17) is 15.6 Å². The molecule has 1 amide bonds. The largest absolute Gasteiger partial charge is 0.450 e. The van der Waals surface area contributed by atoms with E-state index in [1.54, 1.807) is 0 Å². The number of nitrogens with one attached hydrogen (secondary N) is 1. The van der Waals surface area contributed by atoms with Gasteiger partial charge in [-0.15, -0.1) is 5.10 Å². The first kappa shape index (κ1) is 26.0. The molecule has 0 aliphatic carbocycles. The van der Waals surface area contributed by atoms with Crippen LogP contribution in [0.1, 0.15) is 21.6 Å². The number of ether oxygens (including phenoxy) is 1. The molecule has 0 saturated carbocycles. The fraction of sp³-hybridized carbons (Fsp3) is 0.0870. The molecule has 4 aromatic rings. The fourth-order valence-electron chi connectivity index (χ4n) is 3.20. The molecule has 0 spiro atoms. The zero-order valence-corrected chi connectivity index (χ0v) is 18.8. The summed E-state index contributed by atoms with van der Waals surface area (Å²) in [4.78, 5) is 16.5. The molecule has 0 atom stereocenters. The predicted octanol–water partition coefficient (Wildman–Crippen LogP) is 3.32. The van der Waals surface area contributed by atoms with Gasteiger partial charge in [0, 0.05) is 36.3 Å². The van der Waals surface area contributed by atoms with Crippen LogP contribution in [0.3, 0.4) is 0 Å². The number of hydrogen-bond acceptors (Lipinski definition) is 8. The molecule has 4 N–H and O–H groups in total. The molecule has 0 aliphatic heterocycles. The second-order valence-corrected chi connectivity index (χ2v) is 7.25. The van der Waals surface area contributed by atoms with Crippen LogP contribution in [0.4, 0.5) is 33.5 Å². The maximum absolute atomic E-state index is 14.8. The molecule has 0 radical (unpaired) electrons. The molecule has 194 valence electrons. The van der Waals surface area contributed by atoms with Crippen molar-refractivity contribution in [3.8, 4) is 29.2 Å². The Bertz CT molecular complexity index is 1540. The summed E-state index contributed by atoms with van der Waals surface area (Å²) in [7, 11) is 0. The number of benzene rings is 1. The highest BCUT2D eigenvalue weighted by Gasteiger charge is 2.41. The van der Waals surface area contributed by atoms with E-state index in [2.05, 4.69) is 32.1 Å². The Hall–Kier alpha value is -5.10. The summed E-state index contributed by atoms with van der Waals surface area (Å²) in [5.41, 5.74) is 2.76. The third-order valence-corrected chi connectivity index (χ3v) is 4.76. The number of nitrogens with two attached hydrogens (primary N) is 1. The van der Waals surface area contributed by atoms with Crippen molar-refractivity contribution in [2.24, 2.45) is 0 Å². The lowest BCUT2D eigenvalue weighted by molar-refractivity contribution is -0.143. The first-order chi connectivity index (χ1) is 18.1. The lowest BCUT2D eigenvalue weighted by Gasteiger charge is -2.13. The van der Waals surface area contributed by atoms with Gasteiger partial charge in [-0.25, -0.2) is 18.4 Å². The van der Waals surface area contributed by atoms with Gasteiger partial charge in [-0.2, -0.15) is 23.4 Å². The molecular weight excluding hydrogens is 517 g/mol. The van der Waals surface area contributed by atoms with Crippen molar-refractivity contribution >= 4 is 17.4 Å². The first-order valence-corrected chi connectivity index (χ1v) is 10.4. The molecule has 0 unspecified atom stereocenters. The minimum atomic E-state index is -5.04. The summed E-state index contributed by atoms with van der Waals surface area (Å²) in [6.07, 6.45) is -1.98. The van der Waals surface area contributed by atoms with E-state index in [1.165, 1.54) is 30.6 Å². The summed E-state index contributed by atoms with van der Waals surface area (Å²) in [6, 6.07) is 5.01. The van der Waals surface area contributed by atoms with Crippen LogP contribution in [0.2, 0.25) is 0 Å². The summed E-state index contributed by atoms with van der Waals surface area (Å²) in [5.74, 6) is -0.713. The topological polar surface area (TPSA) is 141 Å². The Labute approximate surface area is 209 Å². The van der Waals surface area contributed by atoms with Crippen LogP contribution in [0, 0.1) is 23.5 Å². The maximum atomic E-state index is 14.8. The average molecular weight is 531 g/mol. The standard InChI is InChI=1S/C23H14F5N7O3/c24-15-9-12(10-16(25)19(15)38-17-5-7-30-21(29)13(17)3-2-8-36)33-22(37)14-11-32-35(20(14)23(26,27)28)18-4-1-6-31-34-18/h1,4-7,9-11,36H,8H2,(H2,29,30)(H,33,37). The van der Waals surface area contributed by atoms with Crippen LogP contribution in [0.25, 0.3) is 5.82 Å². The number of rotatable bonds is 5. The number of pyridine rings is 1. The van der Waals surface area contributed by atoms with Crippen LogP contribution in [-0.2, 0) is 6.18 Å². The van der Waals surface area contributed by atoms with Crippen molar-refractivity contribution in [3.05, 3.63) is 77.4 Å². The highest BCUT2D eigenvalue weighted by atomic mass is 19.4. The van der Waals surface area contributed by atoms with Gasteiger partial charge in [0.1, 0.15) is 23.7 Å². The summed E-state index contributed by atoms with van der Waals surface area (Å²) in [5, 5.41) is 21.5. The van der Waals surface area contributed by atoms with Crippen molar-refractivity contribution in [1.82, 2.24) is 25.0 Å². The Kier molecular flexibility index (Phi) is 7.17. The number of alkyl halides is 3. The number of amides is 1. The zero-order chi connectivity index (χ0) is 27.4. The minimum absolute atomic E-state index is 0.0440. The first-order valence-electron chi connectivity index (χ1n) is 10.4. The lowest BCUT2D eigenvalue weighted by Crippen LogP contribution is -2.21. The quantitative estimate of drug-likeness (QED) is 0.263. The molecule has 1 aromatic carbocycles.